The van der Waals surface area contributed by atoms with Gasteiger partial charge in [-0.25, -0.2) is 0 Å². The summed E-state index contributed by atoms with van der Waals surface area (Å²) in [6.07, 6.45) is 0.789. The van der Waals surface area contributed by atoms with Crippen LogP contribution in [0.5, 0.6) is 0 Å². The van der Waals surface area contributed by atoms with E-state index in [1.165, 1.54) is 0 Å². The highest BCUT2D eigenvalue weighted by molar-refractivity contribution is 5.97. The predicted molar refractivity (Wildman–Crippen MR) is 83.3 cm³/mol. The summed E-state index contributed by atoms with van der Waals surface area (Å²) in [4.78, 5) is 12.5. The van der Waals surface area contributed by atoms with Gasteiger partial charge >= 0.3 is 0 Å². The molecule has 1 heterocycles. The SMILES string of the molecule is O=C(Nc1ccc(CO)cc1)C1CCNc2ccccc21. The molecule has 3 N–H and O–H groups in total. The Morgan fingerprint density at radius 2 is 1.95 bits per heavy atom. The first kappa shape index (κ1) is 13.6. The van der Waals surface area contributed by atoms with Crippen LogP contribution in [-0.2, 0) is 11.4 Å². The Kier molecular flexibility index (Phi) is 3.88. The van der Waals surface area contributed by atoms with E-state index in [2.05, 4.69) is 10.6 Å². The van der Waals surface area contributed by atoms with Gasteiger partial charge in [-0.1, -0.05) is 30.3 Å². The number of amides is 1. The lowest BCUT2D eigenvalue weighted by atomic mass is 9.90. The molecule has 1 unspecified atom stereocenters. The van der Waals surface area contributed by atoms with E-state index in [-0.39, 0.29) is 18.4 Å². The van der Waals surface area contributed by atoms with Crippen LogP contribution in [-0.4, -0.2) is 17.6 Å². The summed E-state index contributed by atoms with van der Waals surface area (Å²) < 4.78 is 0. The van der Waals surface area contributed by atoms with Gasteiger partial charge in [-0.15, -0.1) is 0 Å². The molecule has 0 saturated carbocycles. The van der Waals surface area contributed by atoms with Crippen LogP contribution >= 0.6 is 0 Å². The Morgan fingerprint density at radius 1 is 1.19 bits per heavy atom. The van der Waals surface area contributed by atoms with Gasteiger partial charge in [-0.05, 0) is 35.7 Å². The van der Waals surface area contributed by atoms with Gasteiger partial charge in [-0.3, -0.25) is 4.79 Å². The molecule has 2 aromatic carbocycles. The van der Waals surface area contributed by atoms with E-state index < -0.39 is 0 Å². The van der Waals surface area contributed by atoms with Gasteiger partial charge in [0.25, 0.3) is 0 Å². The molecular weight excluding hydrogens is 264 g/mol. The minimum absolute atomic E-state index is 0.00982. The largest absolute Gasteiger partial charge is 0.392 e. The van der Waals surface area contributed by atoms with Crippen molar-refractivity contribution in [1.29, 1.82) is 0 Å². The minimum Gasteiger partial charge on any atom is -0.392 e. The molecule has 0 fully saturated rings. The second-order valence-corrected chi connectivity index (χ2v) is 5.20. The number of carbonyl (C=O) groups excluding carboxylic acids is 1. The fourth-order valence-corrected chi connectivity index (χ4v) is 2.66. The normalized spacial score (nSPS) is 16.7. The van der Waals surface area contributed by atoms with E-state index in [9.17, 15) is 4.79 Å². The highest BCUT2D eigenvalue weighted by atomic mass is 16.3. The third-order valence-corrected chi connectivity index (χ3v) is 3.81. The first-order chi connectivity index (χ1) is 10.3. The lowest BCUT2D eigenvalue weighted by molar-refractivity contribution is -0.117. The van der Waals surface area contributed by atoms with Gasteiger partial charge < -0.3 is 15.7 Å². The van der Waals surface area contributed by atoms with Crippen molar-refractivity contribution in [3.8, 4) is 0 Å². The highest BCUT2D eigenvalue weighted by Crippen LogP contribution is 2.32. The first-order valence-electron chi connectivity index (χ1n) is 7.11. The van der Waals surface area contributed by atoms with E-state index in [1.54, 1.807) is 0 Å². The maximum absolute atomic E-state index is 12.5. The van der Waals surface area contributed by atoms with Crippen LogP contribution in [0.4, 0.5) is 11.4 Å². The summed E-state index contributed by atoms with van der Waals surface area (Å²) in [6.45, 7) is 0.814. The number of carbonyl (C=O) groups is 1. The zero-order valence-electron chi connectivity index (χ0n) is 11.7. The Labute approximate surface area is 123 Å². The molecule has 0 aliphatic carbocycles. The molecule has 1 amide bonds. The number of aliphatic hydroxyl groups is 1. The lowest BCUT2D eigenvalue weighted by Crippen LogP contribution is -2.27. The molecule has 0 aromatic heterocycles. The molecule has 0 bridgehead atoms. The quantitative estimate of drug-likeness (QED) is 0.811. The third kappa shape index (κ3) is 2.90. The van der Waals surface area contributed by atoms with Crippen LogP contribution in [0.1, 0.15) is 23.5 Å². The van der Waals surface area contributed by atoms with Gasteiger partial charge in [-0.2, -0.15) is 0 Å². The Morgan fingerprint density at radius 3 is 2.71 bits per heavy atom. The van der Waals surface area contributed by atoms with Gasteiger partial charge in [0.2, 0.25) is 5.91 Å². The van der Waals surface area contributed by atoms with Gasteiger partial charge in [0.15, 0.2) is 0 Å². The monoisotopic (exact) mass is 282 g/mol. The Bertz CT molecular complexity index is 637. The molecule has 108 valence electrons. The second kappa shape index (κ2) is 5.97. The number of rotatable bonds is 3. The zero-order chi connectivity index (χ0) is 14.7. The average Bonchev–Trinajstić information content (AvgIpc) is 2.55. The van der Waals surface area contributed by atoms with Crippen molar-refractivity contribution in [2.45, 2.75) is 18.9 Å². The van der Waals surface area contributed by atoms with Gasteiger partial charge in [0, 0.05) is 17.9 Å². The summed E-state index contributed by atoms with van der Waals surface area (Å²) >= 11 is 0. The minimum atomic E-state index is -0.125. The van der Waals surface area contributed by atoms with E-state index in [1.807, 2.05) is 48.5 Å². The van der Waals surface area contributed by atoms with E-state index in [0.29, 0.717) is 0 Å². The first-order valence-corrected chi connectivity index (χ1v) is 7.11. The molecular formula is C17H18N2O2. The molecule has 2 aromatic rings. The molecule has 0 radical (unpaired) electrons. The summed E-state index contributed by atoms with van der Waals surface area (Å²) in [5, 5.41) is 15.3. The highest BCUT2D eigenvalue weighted by Gasteiger charge is 2.26. The van der Waals surface area contributed by atoms with Crippen LogP contribution in [0.25, 0.3) is 0 Å². The molecule has 4 nitrogen and oxygen atoms in total. The number of hydrogen-bond acceptors (Lipinski definition) is 3. The number of aliphatic hydroxyl groups excluding tert-OH is 1. The maximum atomic E-state index is 12.5. The zero-order valence-corrected chi connectivity index (χ0v) is 11.7. The number of benzene rings is 2. The second-order valence-electron chi connectivity index (χ2n) is 5.20. The maximum Gasteiger partial charge on any atom is 0.232 e. The van der Waals surface area contributed by atoms with Crippen molar-refractivity contribution in [2.24, 2.45) is 0 Å². The molecule has 21 heavy (non-hydrogen) atoms. The summed E-state index contributed by atoms with van der Waals surface area (Å²) in [6, 6.07) is 15.2. The van der Waals surface area contributed by atoms with Crippen LogP contribution in [0.3, 0.4) is 0 Å². The van der Waals surface area contributed by atoms with E-state index in [4.69, 9.17) is 5.11 Å². The Balaban J connectivity index is 1.76. The van der Waals surface area contributed by atoms with Crippen molar-refractivity contribution in [3.63, 3.8) is 0 Å². The standard InChI is InChI=1S/C17H18N2O2/c20-11-12-5-7-13(8-6-12)19-17(21)15-9-10-18-16-4-2-1-3-14(15)16/h1-8,15,18,20H,9-11H2,(H,19,21). The number of hydrogen-bond donors (Lipinski definition) is 3. The number of anilines is 2. The summed E-state index contributed by atoms with van der Waals surface area (Å²) in [7, 11) is 0. The fraction of sp³-hybridized carbons (Fsp3) is 0.235. The van der Waals surface area contributed by atoms with Crippen LogP contribution in [0.2, 0.25) is 0 Å². The van der Waals surface area contributed by atoms with Crippen molar-refractivity contribution >= 4 is 17.3 Å². The molecule has 3 rings (SSSR count). The molecule has 4 heteroatoms. The van der Waals surface area contributed by atoms with Gasteiger partial charge in [0.05, 0.1) is 12.5 Å². The molecule has 1 atom stereocenters. The van der Waals surface area contributed by atoms with Crippen LogP contribution < -0.4 is 10.6 Å². The topological polar surface area (TPSA) is 61.4 Å². The molecule has 1 aliphatic heterocycles. The predicted octanol–water partition coefficient (Wildman–Crippen LogP) is 2.72. The molecule has 0 spiro atoms. The van der Waals surface area contributed by atoms with Crippen molar-refractivity contribution < 1.29 is 9.90 Å². The molecule has 0 saturated heterocycles. The van der Waals surface area contributed by atoms with Crippen LogP contribution in [0, 0.1) is 0 Å². The lowest BCUT2D eigenvalue weighted by Gasteiger charge is -2.25. The van der Waals surface area contributed by atoms with Gasteiger partial charge in [0.1, 0.15) is 0 Å². The van der Waals surface area contributed by atoms with Crippen molar-refractivity contribution in [1.82, 2.24) is 0 Å². The van der Waals surface area contributed by atoms with E-state index in [0.717, 1.165) is 35.5 Å². The number of para-hydroxylation sites is 1. The van der Waals surface area contributed by atoms with Crippen LogP contribution in [0.15, 0.2) is 48.5 Å². The number of fused-ring (bicyclic) bond motifs is 1. The molecule has 1 aliphatic rings. The smallest absolute Gasteiger partial charge is 0.232 e. The Hall–Kier alpha value is -2.33. The summed E-state index contributed by atoms with van der Waals surface area (Å²) in [5.41, 5.74) is 3.68. The summed E-state index contributed by atoms with van der Waals surface area (Å²) in [5.74, 6) is -0.110. The third-order valence-electron chi connectivity index (χ3n) is 3.81. The van der Waals surface area contributed by atoms with E-state index >= 15 is 0 Å². The number of nitrogens with one attached hydrogen (secondary N) is 2. The fourth-order valence-electron chi connectivity index (χ4n) is 2.66. The average molecular weight is 282 g/mol. The van der Waals surface area contributed by atoms with Crippen molar-refractivity contribution in [2.75, 3.05) is 17.2 Å². The van der Waals surface area contributed by atoms with Crippen molar-refractivity contribution in [3.05, 3.63) is 59.7 Å².